The summed E-state index contributed by atoms with van der Waals surface area (Å²) in [5, 5.41) is 9.74. The van der Waals surface area contributed by atoms with Crippen LogP contribution in [0.15, 0.2) is 0 Å². The van der Waals surface area contributed by atoms with Crippen molar-refractivity contribution in [3.63, 3.8) is 0 Å². The molecule has 0 aliphatic carbocycles. The maximum absolute atomic E-state index is 13.6. The number of hydrogen-bond acceptors (Lipinski definition) is 3. The molecule has 5 heteroatoms. The standard InChI is InChI=1S/C13H24F2O3/c1-4-6-7-8-9-10-12(3,17)13(14,15)11(16)18-5-2/h17H,4-10H2,1-3H3. The van der Waals surface area contributed by atoms with E-state index >= 15 is 0 Å². The molecule has 0 aromatic carbocycles. The smallest absolute Gasteiger partial charge is 0.380 e. The van der Waals surface area contributed by atoms with Crippen LogP contribution in [0.5, 0.6) is 0 Å². The van der Waals surface area contributed by atoms with Crippen molar-refractivity contribution >= 4 is 5.97 Å². The van der Waals surface area contributed by atoms with E-state index in [-0.39, 0.29) is 13.0 Å². The van der Waals surface area contributed by atoms with Crippen LogP contribution in [0.25, 0.3) is 0 Å². The second kappa shape index (κ2) is 7.67. The van der Waals surface area contributed by atoms with Crippen LogP contribution in [-0.4, -0.2) is 29.2 Å². The van der Waals surface area contributed by atoms with Gasteiger partial charge >= 0.3 is 11.9 Å². The lowest BCUT2D eigenvalue weighted by atomic mass is 9.91. The molecule has 0 bridgehead atoms. The normalized spacial score (nSPS) is 15.2. The third kappa shape index (κ3) is 4.88. The largest absolute Gasteiger partial charge is 0.461 e. The van der Waals surface area contributed by atoms with Gasteiger partial charge in [0.25, 0.3) is 0 Å². The molecule has 1 N–H and O–H groups in total. The number of aliphatic hydroxyl groups is 1. The Morgan fingerprint density at radius 2 is 1.72 bits per heavy atom. The number of esters is 1. The minimum Gasteiger partial charge on any atom is -0.461 e. The number of ether oxygens (including phenoxy) is 1. The van der Waals surface area contributed by atoms with Gasteiger partial charge in [-0.25, -0.2) is 4.79 Å². The first-order chi connectivity index (χ1) is 8.29. The fourth-order valence-corrected chi connectivity index (χ4v) is 1.67. The van der Waals surface area contributed by atoms with Crippen LogP contribution in [0, 0.1) is 0 Å². The Hall–Kier alpha value is -0.710. The zero-order chi connectivity index (χ0) is 14.2. The lowest BCUT2D eigenvalue weighted by Crippen LogP contribution is -2.52. The highest BCUT2D eigenvalue weighted by atomic mass is 19.3. The molecular weight excluding hydrogens is 242 g/mol. The Morgan fingerprint density at radius 1 is 1.17 bits per heavy atom. The summed E-state index contributed by atoms with van der Waals surface area (Å²) in [5.74, 6) is -5.50. The number of carbonyl (C=O) groups is 1. The topological polar surface area (TPSA) is 46.5 Å². The van der Waals surface area contributed by atoms with Gasteiger partial charge in [0.2, 0.25) is 0 Å². The molecular formula is C13H24F2O3. The molecule has 3 nitrogen and oxygen atoms in total. The zero-order valence-corrected chi connectivity index (χ0v) is 11.5. The molecule has 0 aromatic rings. The quantitative estimate of drug-likeness (QED) is 0.514. The van der Waals surface area contributed by atoms with Gasteiger partial charge in [0.15, 0.2) is 0 Å². The van der Waals surface area contributed by atoms with E-state index in [2.05, 4.69) is 11.7 Å². The molecule has 0 fully saturated rings. The molecule has 0 heterocycles. The van der Waals surface area contributed by atoms with Crippen molar-refractivity contribution in [2.24, 2.45) is 0 Å². The monoisotopic (exact) mass is 266 g/mol. The number of unbranched alkanes of at least 4 members (excludes halogenated alkanes) is 4. The lowest BCUT2D eigenvalue weighted by molar-refractivity contribution is -0.210. The number of hydrogen-bond donors (Lipinski definition) is 1. The average Bonchev–Trinajstić information content (AvgIpc) is 2.28. The number of carbonyl (C=O) groups excluding carboxylic acids is 1. The van der Waals surface area contributed by atoms with Gasteiger partial charge in [-0.3, -0.25) is 0 Å². The Labute approximate surface area is 108 Å². The fourth-order valence-electron chi connectivity index (χ4n) is 1.67. The second-order valence-corrected chi connectivity index (χ2v) is 4.73. The summed E-state index contributed by atoms with van der Waals surface area (Å²) in [6, 6.07) is 0. The Bertz CT molecular complexity index is 253. The third-order valence-corrected chi connectivity index (χ3v) is 2.98. The van der Waals surface area contributed by atoms with Gasteiger partial charge < -0.3 is 9.84 Å². The average molecular weight is 266 g/mol. The molecule has 0 aliphatic heterocycles. The summed E-state index contributed by atoms with van der Waals surface area (Å²) in [7, 11) is 0. The summed E-state index contributed by atoms with van der Waals surface area (Å²) < 4.78 is 31.6. The van der Waals surface area contributed by atoms with Crippen molar-refractivity contribution in [3.8, 4) is 0 Å². The van der Waals surface area contributed by atoms with Crippen molar-refractivity contribution in [3.05, 3.63) is 0 Å². The van der Waals surface area contributed by atoms with Crippen molar-refractivity contribution in [2.45, 2.75) is 70.8 Å². The molecule has 0 saturated carbocycles. The van der Waals surface area contributed by atoms with Gasteiger partial charge in [0, 0.05) is 0 Å². The van der Waals surface area contributed by atoms with E-state index in [4.69, 9.17) is 0 Å². The molecule has 1 unspecified atom stereocenters. The molecule has 0 spiro atoms. The van der Waals surface area contributed by atoms with E-state index in [1.54, 1.807) is 0 Å². The number of halogens is 2. The van der Waals surface area contributed by atoms with E-state index in [0.29, 0.717) is 6.42 Å². The Morgan fingerprint density at radius 3 is 2.22 bits per heavy atom. The summed E-state index contributed by atoms with van der Waals surface area (Å²) in [6.07, 6.45) is 4.22. The van der Waals surface area contributed by atoms with Gasteiger partial charge in [0.05, 0.1) is 6.61 Å². The van der Waals surface area contributed by atoms with Crippen molar-refractivity contribution in [1.29, 1.82) is 0 Å². The van der Waals surface area contributed by atoms with E-state index in [1.165, 1.54) is 6.92 Å². The first-order valence-corrected chi connectivity index (χ1v) is 6.57. The van der Waals surface area contributed by atoms with Crippen LogP contribution in [-0.2, 0) is 9.53 Å². The van der Waals surface area contributed by atoms with Crippen molar-refractivity contribution in [1.82, 2.24) is 0 Å². The summed E-state index contributed by atoms with van der Waals surface area (Å²) in [5.41, 5.74) is -2.34. The SMILES string of the molecule is CCCCCCCC(C)(O)C(F)(F)C(=O)OCC. The van der Waals surface area contributed by atoms with Crippen molar-refractivity contribution < 1.29 is 23.4 Å². The second-order valence-electron chi connectivity index (χ2n) is 4.73. The van der Waals surface area contributed by atoms with E-state index < -0.39 is 17.5 Å². The molecule has 0 aromatic heterocycles. The first kappa shape index (κ1) is 17.3. The van der Waals surface area contributed by atoms with Gasteiger partial charge in [-0.15, -0.1) is 0 Å². The van der Waals surface area contributed by atoms with Crippen LogP contribution in [0.2, 0.25) is 0 Å². The molecule has 1 atom stereocenters. The maximum Gasteiger partial charge on any atom is 0.380 e. The van der Waals surface area contributed by atoms with E-state index in [1.807, 2.05) is 0 Å². The maximum atomic E-state index is 13.6. The summed E-state index contributed by atoms with van der Waals surface area (Å²) >= 11 is 0. The molecule has 0 saturated heterocycles. The number of alkyl halides is 2. The van der Waals surface area contributed by atoms with Crippen LogP contribution in [0.1, 0.15) is 59.3 Å². The first-order valence-electron chi connectivity index (χ1n) is 6.57. The van der Waals surface area contributed by atoms with Crippen LogP contribution in [0.3, 0.4) is 0 Å². The van der Waals surface area contributed by atoms with Crippen LogP contribution in [0.4, 0.5) is 8.78 Å². The molecule has 0 amide bonds. The highest BCUT2D eigenvalue weighted by molar-refractivity contribution is 5.79. The molecule has 18 heavy (non-hydrogen) atoms. The Balaban J connectivity index is 4.28. The van der Waals surface area contributed by atoms with Gasteiger partial charge in [0.1, 0.15) is 5.60 Å². The van der Waals surface area contributed by atoms with E-state index in [0.717, 1.165) is 32.6 Å². The van der Waals surface area contributed by atoms with Gasteiger partial charge in [-0.2, -0.15) is 8.78 Å². The molecule has 0 aliphatic rings. The summed E-state index contributed by atoms with van der Waals surface area (Å²) in [6.45, 7) is 4.38. The predicted octanol–water partition coefficient (Wildman–Crippen LogP) is 3.30. The zero-order valence-electron chi connectivity index (χ0n) is 11.5. The molecule has 0 rings (SSSR count). The van der Waals surface area contributed by atoms with E-state index in [9.17, 15) is 18.7 Å². The minimum atomic E-state index is -3.85. The van der Waals surface area contributed by atoms with Gasteiger partial charge in [-0.1, -0.05) is 39.0 Å². The molecule has 108 valence electrons. The van der Waals surface area contributed by atoms with Crippen molar-refractivity contribution in [2.75, 3.05) is 6.61 Å². The number of rotatable bonds is 9. The summed E-state index contributed by atoms with van der Waals surface area (Å²) in [4.78, 5) is 11.1. The lowest BCUT2D eigenvalue weighted by Gasteiger charge is -2.30. The highest BCUT2D eigenvalue weighted by Gasteiger charge is 2.56. The third-order valence-electron chi connectivity index (χ3n) is 2.98. The highest BCUT2D eigenvalue weighted by Crippen LogP contribution is 2.34. The fraction of sp³-hybridized carbons (Fsp3) is 0.923. The van der Waals surface area contributed by atoms with Gasteiger partial charge in [-0.05, 0) is 20.3 Å². The molecule has 0 radical (unpaired) electrons. The predicted molar refractivity (Wildman–Crippen MR) is 65.6 cm³/mol. The Kier molecular flexibility index (Phi) is 7.36. The minimum absolute atomic E-state index is 0.109. The van der Waals surface area contributed by atoms with Crippen LogP contribution >= 0.6 is 0 Å². The van der Waals surface area contributed by atoms with Crippen LogP contribution < -0.4 is 0 Å².